The molecule has 0 aromatic heterocycles. The van der Waals surface area contributed by atoms with Gasteiger partial charge in [0.25, 0.3) is 0 Å². The fraction of sp³-hybridized carbons (Fsp3) is 0.0645. The van der Waals surface area contributed by atoms with Crippen LogP contribution in [0.1, 0.15) is 47.2 Å². The van der Waals surface area contributed by atoms with Crippen LogP contribution in [0.5, 0.6) is 0 Å². The Morgan fingerprint density at radius 1 is 0.302 bits per heavy atom. The maximum absolute atomic E-state index is 2.51. The van der Waals surface area contributed by atoms with Gasteiger partial charge in [0.15, 0.2) is 0 Å². The topological polar surface area (TPSA) is 3.24 Å². The highest BCUT2D eigenvalue weighted by Gasteiger charge is 2.51. The first-order chi connectivity index (χ1) is 31.0. The first-order valence-electron chi connectivity index (χ1n) is 22.2. The van der Waals surface area contributed by atoms with E-state index >= 15 is 0 Å². The van der Waals surface area contributed by atoms with Crippen molar-refractivity contribution in [3.63, 3.8) is 0 Å². The average molecular weight is 802 g/mol. The molecule has 0 unspecified atom stereocenters. The van der Waals surface area contributed by atoms with Crippen LogP contribution in [-0.2, 0) is 10.8 Å². The van der Waals surface area contributed by atoms with Crippen molar-refractivity contribution in [3.05, 3.63) is 258 Å². The van der Waals surface area contributed by atoms with E-state index in [9.17, 15) is 0 Å². The van der Waals surface area contributed by atoms with Gasteiger partial charge in [0.1, 0.15) is 0 Å². The molecule has 0 N–H and O–H groups in total. The molecule has 296 valence electrons. The van der Waals surface area contributed by atoms with Gasteiger partial charge in [0.05, 0.1) is 5.41 Å². The van der Waals surface area contributed by atoms with Crippen molar-refractivity contribution in [1.82, 2.24) is 0 Å². The molecule has 0 heterocycles. The molecule has 0 bridgehead atoms. The Labute approximate surface area is 369 Å². The van der Waals surface area contributed by atoms with Crippen LogP contribution >= 0.6 is 0 Å². The van der Waals surface area contributed by atoms with E-state index in [0.717, 1.165) is 17.1 Å². The molecule has 3 aliphatic rings. The number of benzene rings is 10. The lowest BCUT2D eigenvalue weighted by Crippen LogP contribution is -2.26. The van der Waals surface area contributed by atoms with Gasteiger partial charge in [0.2, 0.25) is 0 Å². The minimum Gasteiger partial charge on any atom is -0.310 e. The molecule has 0 saturated heterocycles. The van der Waals surface area contributed by atoms with Crippen molar-refractivity contribution in [1.29, 1.82) is 0 Å². The standard InChI is InChI=1S/C62H43N/c1-61(2)53-37-34-45(38-52(53)60-47(42-18-7-4-8-19-42)35-30-43-20-15-27-57(61)59(43)60)63(44-31-28-41(29-32-44)40-16-5-3-6-17-40)46-33-36-51-50-23-11-14-26-56(50)62(58(51)39-46)54-24-12-9-21-48(54)49-22-10-13-25-55(49)62/h3-39H,1-2H3. The molecule has 0 saturated carbocycles. The van der Waals surface area contributed by atoms with Gasteiger partial charge in [-0.25, -0.2) is 0 Å². The molecule has 3 aliphatic carbocycles. The number of rotatable bonds is 5. The molecule has 13 rings (SSSR count). The van der Waals surface area contributed by atoms with E-state index in [1.807, 2.05) is 0 Å². The van der Waals surface area contributed by atoms with Crippen LogP contribution in [0.15, 0.2) is 224 Å². The average Bonchev–Trinajstić information content (AvgIpc) is 3.81. The zero-order valence-corrected chi connectivity index (χ0v) is 35.3. The zero-order valence-electron chi connectivity index (χ0n) is 35.3. The lowest BCUT2D eigenvalue weighted by Gasteiger charge is -2.37. The molecule has 1 heteroatoms. The minimum absolute atomic E-state index is 0.202. The third-order valence-corrected chi connectivity index (χ3v) is 14.5. The summed E-state index contributed by atoms with van der Waals surface area (Å²) in [5.74, 6) is 0. The van der Waals surface area contributed by atoms with Crippen LogP contribution in [-0.4, -0.2) is 0 Å². The van der Waals surface area contributed by atoms with Gasteiger partial charge >= 0.3 is 0 Å². The highest BCUT2D eigenvalue weighted by Crippen LogP contribution is 2.63. The molecule has 1 nitrogen and oxygen atoms in total. The Morgan fingerprint density at radius 2 is 0.794 bits per heavy atom. The quantitative estimate of drug-likeness (QED) is 0.168. The van der Waals surface area contributed by atoms with Crippen LogP contribution < -0.4 is 4.90 Å². The Balaban J connectivity index is 1.08. The van der Waals surface area contributed by atoms with Gasteiger partial charge in [-0.1, -0.05) is 202 Å². The van der Waals surface area contributed by atoms with E-state index in [1.54, 1.807) is 0 Å². The lowest BCUT2D eigenvalue weighted by atomic mass is 9.67. The SMILES string of the molecule is CC1(C)c2ccc(N(c3ccc(-c4ccccc4)cc3)c3ccc4c(c3)C3(c5ccccc5-c5ccccc53)c3ccccc3-4)cc2-c2c(-c3ccccc3)ccc3cccc1c23. The first kappa shape index (κ1) is 36.0. The van der Waals surface area contributed by atoms with E-state index < -0.39 is 5.41 Å². The molecule has 0 atom stereocenters. The summed E-state index contributed by atoms with van der Waals surface area (Å²) >= 11 is 0. The summed E-state index contributed by atoms with van der Waals surface area (Å²) in [6.45, 7) is 4.79. The molecule has 0 amide bonds. The second-order valence-corrected chi connectivity index (χ2v) is 18.0. The summed E-state index contributed by atoms with van der Waals surface area (Å²) < 4.78 is 0. The predicted molar refractivity (Wildman–Crippen MR) is 263 cm³/mol. The van der Waals surface area contributed by atoms with Crippen molar-refractivity contribution in [3.8, 4) is 55.6 Å². The highest BCUT2D eigenvalue weighted by molar-refractivity contribution is 6.10. The van der Waals surface area contributed by atoms with Crippen molar-refractivity contribution in [2.24, 2.45) is 0 Å². The lowest BCUT2D eigenvalue weighted by molar-refractivity contribution is 0.645. The van der Waals surface area contributed by atoms with Gasteiger partial charge < -0.3 is 4.90 Å². The molecule has 63 heavy (non-hydrogen) atoms. The van der Waals surface area contributed by atoms with E-state index in [1.165, 1.54) is 99.8 Å². The largest absolute Gasteiger partial charge is 0.310 e. The normalized spacial score (nSPS) is 14.1. The summed E-state index contributed by atoms with van der Waals surface area (Å²) in [4.78, 5) is 2.49. The van der Waals surface area contributed by atoms with Gasteiger partial charge in [0, 0.05) is 22.5 Å². The van der Waals surface area contributed by atoms with Crippen LogP contribution in [0.3, 0.4) is 0 Å². The van der Waals surface area contributed by atoms with Gasteiger partial charge in [-0.15, -0.1) is 0 Å². The minimum atomic E-state index is -0.443. The van der Waals surface area contributed by atoms with Crippen LogP contribution in [0.25, 0.3) is 66.4 Å². The molecule has 0 aliphatic heterocycles. The molecule has 1 spiro atoms. The number of hydrogen-bond acceptors (Lipinski definition) is 1. The highest BCUT2D eigenvalue weighted by atomic mass is 15.1. The van der Waals surface area contributed by atoms with Gasteiger partial charge in [-0.05, 0) is 136 Å². The van der Waals surface area contributed by atoms with E-state index in [-0.39, 0.29) is 5.41 Å². The van der Waals surface area contributed by atoms with Crippen molar-refractivity contribution >= 4 is 27.8 Å². The number of hydrogen-bond donors (Lipinski definition) is 0. The van der Waals surface area contributed by atoms with Crippen LogP contribution in [0.4, 0.5) is 17.1 Å². The maximum atomic E-state index is 2.51. The third kappa shape index (κ3) is 4.99. The number of fused-ring (bicyclic) bond motifs is 12. The maximum Gasteiger partial charge on any atom is 0.0726 e. The summed E-state index contributed by atoms with van der Waals surface area (Å²) in [5.41, 5.74) is 23.6. The fourth-order valence-electron chi connectivity index (χ4n) is 11.7. The first-order valence-corrected chi connectivity index (χ1v) is 22.2. The van der Waals surface area contributed by atoms with Gasteiger partial charge in [-0.3, -0.25) is 0 Å². The Bertz CT molecular complexity index is 3400. The molecule has 0 fully saturated rings. The molecular weight excluding hydrogens is 759 g/mol. The van der Waals surface area contributed by atoms with E-state index in [2.05, 4.69) is 243 Å². The van der Waals surface area contributed by atoms with E-state index in [0.29, 0.717) is 0 Å². The molecule has 10 aromatic rings. The van der Waals surface area contributed by atoms with Crippen molar-refractivity contribution < 1.29 is 0 Å². The molecule has 0 radical (unpaired) electrons. The predicted octanol–water partition coefficient (Wildman–Crippen LogP) is 16.3. The Hall–Kier alpha value is -7.74. The van der Waals surface area contributed by atoms with Crippen LogP contribution in [0, 0.1) is 0 Å². The Kier molecular flexibility index (Phi) is 7.64. The van der Waals surface area contributed by atoms with Crippen molar-refractivity contribution in [2.75, 3.05) is 4.90 Å². The number of anilines is 3. The smallest absolute Gasteiger partial charge is 0.0726 e. The third-order valence-electron chi connectivity index (χ3n) is 14.5. The number of nitrogens with zero attached hydrogens (tertiary/aromatic N) is 1. The second kappa shape index (κ2) is 13.4. The van der Waals surface area contributed by atoms with E-state index in [4.69, 9.17) is 0 Å². The summed E-state index contributed by atoms with van der Waals surface area (Å²) in [6.07, 6.45) is 0. The summed E-state index contributed by atoms with van der Waals surface area (Å²) in [7, 11) is 0. The fourth-order valence-corrected chi connectivity index (χ4v) is 11.7. The Morgan fingerprint density at radius 3 is 1.44 bits per heavy atom. The summed E-state index contributed by atoms with van der Waals surface area (Å²) in [6, 6.07) is 84.0. The van der Waals surface area contributed by atoms with Gasteiger partial charge in [-0.2, -0.15) is 0 Å². The zero-order chi connectivity index (χ0) is 41.9. The molecule has 10 aromatic carbocycles. The van der Waals surface area contributed by atoms with Crippen LogP contribution in [0.2, 0.25) is 0 Å². The monoisotopic (exact) mass is 801 g/mol. The van der Waals surface area contributed by atoms with Crippen molar-refractivity contribution in [2.45, 2.75) is 24.7 Å². The summed E-state index contributed by atoms with van der Waals surface area (Å²) in [5, 5.41) is 2.63. The molecular formula is C62H43N. The second-order valence-electron chi connectivity index (χ2n) is 18.0.